The largest absolute Gasteiger partial charge is 0.453 e. The number of carbonyl (C=O) groups excluding carboxylic acids is 3. The molecule has 4 aromatic carbocycles. The van der Waals surface area contributed by atoms with Crippen LogP contribution in [0.2, 0.25) is 0 Å². The van der Waals surface area contributed by atoms with Crippen molar-refractivity contribution in [2.24, 2.45) is 0 Å². The second-order valence-electron chi connectivity index (χ2n) is 8.49. The quantitative estimate of drug-likeness (QED) is 0.253. The molecule has 2 amide bonds. The number of hydrogen-bond acceptors (Lipinski definition) is 6. The van der Waals surface area contributed by atoms with Crippen molar-refractivity contribution < 1.29 is 27.5 Å². The highest BCUT2D eigenvalue weighted by Crippen LogP contribution is 2.25. The summed E-state index contributed by atoms with van der Waals surface area (Å²) in [6, 6.07) is 25.4. The third kappa shape index (κ3) is 6.49. The fourth-order valence-corrected chi connectivity index (χ4v) is 4.83. The summed E-state index contributed by atoms with van der Waals surface area (Å²) in [6.07, 6.45) is -0.689. The van der Waals surface area contributed by atoms with Crippen LogP contribution in [0.3, 0.4) is 0 Å². The molecule has 0 aliphatic carbocycles. The predicted octanol–water partition coefficient (Wildman–Crippen LogP) is 5.46. The van der Waals surface area contributed by atoms with Gasteiger partial charge < -0.3 is 10.1 Å². The van der Waals surface area contributed by atoms with Crippen LogP contribution in [-0.2, 0) is 14.8 Å². The number of methoxy groups -OCH3 is 1. The second-order valence-corrected chi connectivity index (χ2v) is 10.2. The average Bonchev–Trinajstić information content (AvgIpc) is 2.94. The highest BCUT2D eigenvalue weighted by Gasteiger charge is 2.21. The summed E-state index contributed by atoms with van der Waals surface area (Å²) in [5.74, 6) is -0.856. The number of hydrogen-bond donors (Lipinski definition) is 3. The van der Waals surface area contributed by atoms with Crippen LogP contribution in [-0.4, -0.2) is 33.3 Å². The summed E-state index contributed by atoms with van der Waals surface area (Å²) in [5, 5.41) is 5.20. The van der Waals surface area contributed by atoms with E-state index in [0.717, 1.165) is 5.56 Å². The molecule has 4 rings (SSSR count). The Morgan fingerprint density at radius 1 is 0.718 bits per heavy atom. The van der Waals surface area contributed by atoms with Crippen molar-refractivity contribution in [2.45, 2.75) is 11.8 Å². The maximum atomic E-state index is 13.3. The summed E-state index contributed by atoms with van der Waals surface area (Å²) >= 11 is 0. The lowest BCUT2D eigenvalue weighted by atomic mass is 9.99. The third-order valence-electron chi connectivity index (χ3n) is 5.72. The minimum absolute atomic E-state index is 0.0507. The average molecular weight is 544 g/mol. The van der Waals surface area contributed by atoms with E-state index >= 15 is 0 Å². The Labute approximate surface area is 225 Å². The molecule has 0 saturated heterocycles. The Kier molecular flexibility index (Phi) is 8.07. The van der Waals surface area contributed by atoms with Crippen molar-refractivity contribution in [1.29, 1.82) is 0 Å². The van der Waals surface area contributed by atoms with Crippen molar-refractivity contribution in [3.05, 3.63) is 119 Å². The van der Waals surface area contributed by atoms with Gasteiger partial charge in [0.2, 0.25) is 0 Å². The zero-order valence-electron chi connectivity index (χ0n) is 21.1. The molecule has 0 atom stereocenters. The molecule has 0 saturated carbocycles. The standard InChI is InChI=1S/C29H25N3O6S/c1-19-12-17-25(24(18-19)27(33)20-8-4-3-5-9-20)31-28(34)23-10-6-7-11-26(23)32-39(36,37)22-15-13-21(14-16-22)30-29(35)38-2/h3-18,32H,1-2H3,(H,30,35)(H,31,34). The number of benzene rings is 4. The number of aryl methyl sites for hydroxylation is 1. The highest BCUT2D eigenvalue weighted by molar-refractivity contribution is 7.92. The van der Waals surface area contributed by atoms with Gasteiger partial charge in [0.1, 0.15) is 0 Å². The van der Waals surface area contributed by atoms with E-state index in [9.17, 15) is 22.8 Å². The fraction of sp³-hybridized carbons (Fsp3) is 0.0690. The molecule has 9 nitrogen and oxygen atoms in total. The van der Waals surface area contributed by atoms with Gasteiger partial charge in [0, 0.05) is 16.8 Å². The smallest absolute Gasteiger partial charge is 0.411 e. The minimum atomic E-state index is -4.08. The summed E-state index contributed by atoms with van der Waals surface area (Å²) in [4.78, 5) is 37.8. The first-order valence-corrected chi connectivity index (χ1v) is 13.2. The Morgan fingerprint density at radius 3 is 2.08 bits per heavy atom. The summed E-state index contributed by atoms with van der Waals surface area (Å²) in [7, 11) is -2.87. The van der Waals surface area contributed by atoms with Crippen molar-refractivity contribution in [3.63, 3.8) is 0 Å². The fourth-order valence-electron chi connectivity index (χ4n) is 3.75. The van der Waals surface area contributed by atoms with Crippen molar-refractivity contribution in [2.75, 3.05) is 22.5 Å². The number of ether oxygens (including phenoxy) is 1. The predicted molar refractivity (Wildman–Crippen MR) is 149 cm³/mol. The first kappa shape index (κ1) is 27.1. The van der Waals surface area contributed by atoms with Gasteiger partial charge in [0.05, 0.1) is 28.9 Å². The van der Waals surface area contributed by atoms with Gasteiger partial charge in [-0.25, -0.2) is 13.2 Å². The van der Waals surface area contributed by atoms with E-state index in [1.54, 1.807) is 60.7 Å². The third-order valence-corrected chi connectivity index (χ3v) is 7.10. The van der Waals surface area contributed by atoms with E-state index in [-0.39, 0.29) is 21.9 Å². The van der Waals surface area contributed by atoms with Crippen molar-refractivity contribution >= 4 is 44.9 Å². The number of ketones is 1. The van der Waals surface area contributed by atoms with E-state index in [2.05, 4.69) is 20.1 Å². The number of amides is 2. The van der Waals surface area contributed by atoms with Crippen LogP contribution >= 0.6 is 0 Å². The van der Waals surface area contributed by atoms with Crippen LogP contribution in [0.25, 0.3) is 0 Å². The first-order chi connectivity index (χ1) is 18.7. The lowest BCUT2D eigenvalue weighted by Crippen LogP contribution is -2.20. The Hall–Kier alpha value is -4.96. The van der Waals surface area contributed by atoms with Crippen LogP contribution in [0.5, 0.6) is 0 Å². The first-order valence-electron chi connectivity index (χ1n) is 11.8. The lowest BCUT2D eigenvalue weighted by molar-refractivity contribution is 0.102. The van der Waals surface area contributed by atoms with Crippen molar-refractivity contribution in [1.82, 2.24) is 0 Å². The second kappa shape index (κ2) is 11.6. The summed E-state index contributed by atoms with van der Waals surface area (Å²) < 4.78 is 33.1. The number of nitrogens with one attached hydrogen (secondary N) is 3. The van der Waals surface area contributed by atoms with Crippen LogP contribution in [0.15, 0.2) is 102 Å². The van der Waals surface area contributed by atoms with E-state index < -0.39 is 22.0 Å². The van der Waals surface area contributed by atoms with Crippen LogP contribution in [0.4, 0.5) is 21.9 Å². The molecule has 0 aromatic heterocycles. The van der Waals surface area contributed by atoms with E-state index in [1.807, 2.05) is 6.92 Å². The van der Waals surface area contributed by atoms with Gasteiger partial charge in [-0.3, -0.25) is 19.6 Å². The number of para-hydroxylation sites is 1. The molecule has 10 heteroatoms. The maximum Gasteiger partial charge on any atom is 0.411 e. The summed E-state index contributed by atoms with van der Waals surface area (Å²) in [6.45, 7) is 1.84. The zero-order valence-corrected chi connectivity index (χ0v) is 21.9. The molecule has 0 bridgehead atoms. The molecule has 0 heterocycles. The Balaban J connectivity index is 1.58. The van der Waals surface area contributed by atoms with Gasteiger partial charge in [-0.2, -0.15) is 0 Å². The molecule has 4 aromatic rings. The number of anilines is 3. The molecule has 0 radical (unpaired) electrons. The summed E-state index contributed by atoms with van der Waals surface area (Å²) in [5.41, 5.74) is 2.38. The van der Waals surface area contributed by atoms with Crippen LogP contribution < -0.4 is 15.4 Å². The van der Waals surface area contributed by atoms with Gasteiger partial charge >= 0.3 is 6.09 Å². The molecule has 3 N–H and O–H groups in total. The normalized spacial score (nSPS) is 10.8. The SMILES string of the molecule is COC(=O)Nc1ccc(S(=O)(=O)Nc2ccccc2C(=O)Nc2ccc(C)cc2C(=O)c2ccccc2)cc1. The van der Waals surface area contributed by atoms with E-state index in [4.69, 9.17) is 0 Å². The molecule has 0 aliphatic heterocycles. The number of carbonyl (C=O) groups is 3. The van der Waals surface area contributed by atoms with Crippen LogP contribution in [0.1, 0.15) is 31.8 Å². The topological polar surface area (TPSA) is 131 Å². The van der Waals surface area contributed by atoms with Gasteiger partial charge in [-0.1, -0.05) is 54.1 Å². The zero-order chi connectivity index (χ0) is 28.0. The molecule has 0 unspecified atom stereocenters. The lowest BCUT2D eigenvalue weighted by Gasteiger charge is -2.15. The monoisotopic (exact) mass is 543 g/mol. The van der Waals surface area contributed by atoms with E-state index in [1.165, 1.54) is 43.5 Å². The molecule has 39 heavy (non-hydrogen) atoms. The van der Waals surface area contributed by atoms with Gasteiger partial charge in [-0.15, -0.1) is 0 Å². The van der Waals surface area contributed by atoms with Gasteiger partial charge in [0.15, 0.2) is 5.78 Å². The molecule has 0 aliphatic rings. The van der Waals surface area contributed by atoms with Crippen LogP contribution in [0, 0.1) is 6.92 Å². The minimum Gasteiger partial charge on any atom is -0.453 e. The molecule has 0 spiro atoms. The Morgan fingerprint density at radius 2 is 1.38 bits per heavy atom. The van der Waals surface area contributed by atoms with Gasteiger partial charge in [0.25, 0.3) is 15.9 Å². The molecule has 198 valence electrons. The molecular weight excluding hydrogens is 518 g/mol. The highest BCUT2D eigenvalue weighted by atomic mass is 32.2. The molecule has 0 fully saturated rings. The Bertz CT molecular complexity index is 1640. The number of rotatable bonds is 8. The number of sulfonamides is 1. The molecular formula is C29H25N3O6S. The van der Waals surface area contributed by atoms with Gasteiger partial charge in [-0.05, 0) is 55.5 Å². The van der Waals surface area contributed by atoms with Crippen molar-refractivity contribution in [3.8, 4) is 0 Å². The van der Waals surface area contributed by atoms with E-state index in [0.29, 0.717) is 22.5 Å². The maximum absolute atomic E-state index is 13.3.